The summed E-state index contributed by atoms with van der Waals surface area (Å²) < 4.78 is 18.9. The molecular formula is C25H21FN10O8S3. The summed E-state index contributed by atoms with van der Waals surface area (Å²) >= 11 is 3.03. The van der Waals surface area contributed by atoms with E-state index in [0.717, 1.165) is 44.6 Å². The van der Waals surface area contributed by atoms with Gasteiger partial charge in [-0.05, 0) is 36.4 Å². The molecule has 2 fully saturated rings. The molecule has 2 saturated heterocycles. The van der Waals surface area contributed by atoms with Crippen molar-refractivity contribution in [3.05, 3.63) is 58.5 Å². The smallest absolute Gasteiger partial charge is 0.367 e. The van der Waals surface area contributed by atoms with Gasteiger partial charge in [0.2, 0.25) is 17.4 Å². The lowest BCUT2D eigenvalue weighted by Gasteiger charge is -2.53. The number of nitrogens with two attached hydrogens (primary N) is 1. The summed E-state index contributed by atoms with van der Waals surface area (Å²) in [5.74, 6) is -4.26. The van der Waals surface area contributed by atoms with Crippen molar-refractivity contribution >= 4 is 75.3 Å². The molecule has 47 heavy (non-hydrogen) atoms. The number of thioether (sulfide) groups is 2. The van der Waals surface area contributed by atoms with Crippen molar-refractivity contribution in [3.63, 3.8) is 0 Å². The number of oxime groups is 1. The number of rotatable bonds is 11. The van der Waals surface area contributed by atoms with Gasteiger partial charge >= 0.3 is 17.6 Å². The monoisotopic (exact) mass is 704 g/mol. The summed E-state index contributed by atoms with van der Waals surface area (Å²) in [5, 5.41) is 33.4. The molecule has 0 aliphatic carbocycles. The number of anilines is 1. The Labute approximate surface area is 273 Å². The molecule has 0 saturated carbocycles. The quantitative estimate of drug-likeness (QED) is 0.0671. The van der Waals surface area contributed by atoms with Crippen LogP contribution in [0.3, 0.4) is 0 Å². The number of aromatic nitrogens is 6. The zero-order valence-electron chi connectivity index (χ0n) is 23.5. The molecule has 2 aliphatic heterocycles. The Balaban J connectivity index is 1.13. The zero-order valence-corrected chi connectivity index (χ0v) is 26.0. The largest absolute Gasteiger partial charge is 0.481 e. The third-order valence-corrected chi connectivity index (χ3v) is 10.3. The van der Waals surface area contributed by atoms with Crippen molar-refractivity contribution in [3.8, 4) is 5.75 Å². The second kappa shape index (κ2) is 12.6. The van der Waals surface area contributed by atoms with Crippen LogP contribution in [-0.2, 0) is 25.7 Å². The number of carbonyl (C=O) groups excluding carboxylic acids is 2. The second-order valence-electron chi connectivity index (χ2n) is 10.2. The first kappa shape index (κ1) is 31.9. The molecule has 6 rings (SSSR count). The van der Waals surface area contributed by atoms with Gasteiger partial charge in [0.05, 0.1) is 0 Å². The van der Waals surface area contributed by atoms with Crippen molar-refractivity contribution in [2.75, 3.05) is 23.8 Å². The average molecular weight is 705 g/mol. The van der Waals surface area contributed by atoms with Gasteiger partial charge in [0, 0.05) is 29.6 Å². The molecule has 2 amide bonds. The normalized spacial score (nSPS) is 20.8. The fourth-order valence-corrected chi connectivity index (χ4v) is 7.79. The fourth-order valence-electron chi connectivity index (χ4n) is 4.64. The van der Waals surface area contributed by atoms with Crippen molar-refractivity contribution in [2.45, 2.75) is 23.0 Å². The number of β-lactam (4-membered cyclic amide) rings is 1. The van der Waals surface area contributed by atoms with E-state index in [-0.39, 0.29) is 51.1 Å². The third kappa shape index (κ3) is 6.33. The molecule has 22 heteroatoms. The molecule has 0 bridgehead atoms. The van der Waals surface area contributed by atoms with Gasteiger partial charge in [-0.2, -0.15) is 23.7 Å². The number of hydrogen-bond donors (Lipinski definition) is 4. The van der Waals surface area contributed by atoms with Crippen LogP contribution < -0.4 is 21.6 Å². The van der Waals surface area contributed by atoms with Gasteiger partial charge in [-0.15, -0.1) is 28.6 Å². The number of aliphatic carboxylic acids is 2. The molecule has 2 aliphatic rings. The predicted octanol–water partition coefficient (Wildman–Crippen LogP) is -0.405. The van der Waals surface area contributed by atoms with Crippen LogP contribution >= 0.6 is 35.1 Å². The SMILES string of the molecule is Nc1nc(C(=NOc2ccc(F)cc2)C(=O)NC2C(=O)N3CC(CSc4ccc5nn(CC(=O)O)c(=O)n5n4)(C(=O)O)CS[C@H]23)ns1. The highest BCUT2D eigenvalue weighted by Gasteiger charge is 2.57. The second-order valence-corrected chi connectivity index (χ2v) is 13.1. The van der Waals surface area contributed by atoms with Gasteiger partial charge in [0.25, 0.3) is 5.91 Å². The van der Waals surface area contributed by atoms with Gasteiger partial charge in [-0.3, -0.25) is 19.2 Å². The van der Waals surface area contributed by atoms with E-state index < -0.39 is 58.6 Å². The summed E-state index contributed by atoms with van der Waals surface area (Å²) in [7, 11) is 0. The minimum Gasteiger partial charge on any atom is -0.481 e. The molecule has 1 aromatic carbocycles. The summed E-state index contributed by atoms with van der Waals surface area (Å²) in [6, 6.07) is 6.82. The van der Waals surface area contributed by atoms with E-state index in [4.69, 9.17) is 15.7 Å². The Morgan fingerprint density at radius 1 is 1.17 bits per heavy atom. The number of hydrogen-bond acceptors (Lipinski definition) is 15. The number of carboxylic acids is 2. The van der Waals surface area contributed by atoms with E-state index in [9.17, 15) is 33.5 Å². The number of carboxylic acid groups (broad SMARTS) is 2. The van der Waals surface area contributed by atoms with Crippen LogP contribution in [0.4, 0.5) is 9.52 Å². The predicted molar refractivity (Wildman–Crippen MR) is 163 cm³/mol. The Hall–Kier alpha value is -5.09. The fraction of sp³-hybridized carbons (Fsp3) is 0.280. The summed E-state index contributed by atoms with van der Waals surface area (Å²) in [6.45, 7) is -0.805. The molecule has 0 spiro atoms. The van der Waals surface area contributed by atoms with Crippen LogP contribution in [0.25, 0.3) is 5.65 Å². The molecule has 4 aromatic rings. The Kier molecular flexibility index (Phi) is 8.55. The van der Waals surface area contributed by atoms with Crippen molar-refractivity contribution < 1.29 is 38.6 Å². The molecule has 5 heterocycles. The van der Waals surface area contributed by atoms with Crippen molar-refractivity contribution in [1.29, 1.82) is 0 Å². The minimum absolute atomic E-state index is 0.0200. The first-order valence-electron chi connectivity index (χ1n) is 13.3. The zero-order chi connectivity index (χ0) is 33.5. The molecule has 0 radical (unpaired) electrons. The molecule has 244 valence electrons. The molecule has 5 N–H and O–H groups in total. The van der Waals surface area contributed by atoms with E-state index in [2.05, 4.69) is 30.0 Å². The lowest BCUT2D eigenvalue weighted by Crippen LogP contribution is -2.74. The van der Waals surface area contributed by atoms with Crippen LogP contribution in [0, 0.1) is 11.2 Å². The Morgan fingerprint density at radius 2 is 1.94 bits per heavy atom. The highest BCUT2D eigenvalue weighted by molar-refractivity contribution is 8.00. The maximum atomic E-state index is 13.3. The summed E-state index contributed by atoms with van der Waals surface area (Å²) in [4.78, 5) is 73.0. The van der Waals surface area contributed by atoms with E-state index >= 15 is 0 Å². The summed E-state index contributed by atoms with van der Waals surface area (Å²) in [6.07, 6.45) is 0. The van der Waals surface area contributed by atoms with E-state index in [1.54, 1.807) is 0 Å². The van der Waals surface area contributed by atoms with Gasteiger partial charge < -0.3 is 31.0 Å². The highest BCUT2D eigenvalue weighted by Crippen LogP contribution is 2.44. The Morgan fingerprint density at radius 3 is 2.62 bits per heavy atom. The molecular weight excluding hydrogens is 684 g/mol. The first-order valence-corrected chi connectivity index (χ1v) is 16.1. The maximum absolute atomic E-state index is 13.3. The number of fused-ring (bicyclic) bond motifs is 2. The van der Waals surface area contributed by atoms with Gasteiger partial charge in [0.15, 0.2) is 16.5 Å². The number of benzene rings is 1. The number of halogens is 1. The molecule has 3 aromatic heterocycles. The van der Waals surface area contributed by atoms with Crippen LogP contribution in [-0.4, -0.2) is 103 Å². The third-order valence-electron chi connectivity index (χ3n) is 7.01. The molecule has 2 unspecified atom stereocenters. The van der Waals surface area contributed by atoms with Gasteiger partial charge in [0.1, 0.15) is 34.2 Å². The van der Waals surface area contributed by atoms with Crippen molar-refractivity contribution in [1.82, 2.24) is 39.0 Å². The number of nitrogens with zero attached hydrogens (tertiary/aromatic N) is 8. The number of nitrogens with one attached hydrogen (secondary N) is 1. The average Bonchev–Trinajstić information content (AvgIpc) is 3.61. The van der Waals surface area contributed by atoms with Crippen LogP contribution in [0.2, 0.25) is 0 Å². The van der Waals surface area contributed by atoms with E-state index in [1.165, 1.54) is 40.9 Å². The van der Waals surface area contributed by atoms with Gasteiger partial charge in [-0.1, -0.05) is 5.16 Å². The number of carbonyl (C=O) groups is 4. The standard InChI is InChI=1S/C25H21FN10O8S3/c26-11-1-3-12(4-2-11)44-32-16(18-29-23(27)47-33-18)19(39)28-17-20(40)34-8-25(22(41)42,10-46-21(17)34)9-45-14-6-5-13-30-35(7-15(37)38)24(43)36(13)31-14/h1-6,17,21H,7-10H2,(H,28,39)(H,37,38)(H,41,42)(H2,27,29,33)/t17?,21-,25?/m1/s1. The summed E-state index contributed by atoms with van der Waals surface area (Å²) in [5.41, 5.74) is 3.23. The van der Waals surface area contributed by atoms with Gasteiger partial charge in [-0.25, -0.2) is 9.18 Å². The topological polar surface area (TPSA) is 250 Å². The van der Waals surface area contributed by atoms with E-state index in [0.29, 0.717) is 0 Å². The highest BCUT2D eigenvalue weighted by atomic mass is 32.2. The van der Waals surface area contributed by atoms with Crippen LogP contribution in [0.15, 0.2) is 51.4 Å². The molecule has 18 nitrogen and oxygen atoms in total. The maximum Gasteiger partial charge on any atom is 0.367 e. The lowest BCUT2D eigenvalue weighted by atomic mass is 9.89. The van der Waals surface area contributed by atoms with E-state index in [1.807, 2.05) is 0 Å². The number of amides is 2. The minimum atomic E-state index is -1.40. The van der Waals surface area contributed by atoms with Crippen molar-refractivity contribution in [2.24, 2.45) is 10.6 Å². The lowest BCUT2D eigenvalue weighted by molar-refractivity contribution is -0.157. The van der Waals surface area contributed by atoms with Crippen LogP contribution in [0.1, 0.15) is 5.82 Å². The number of nitrogen functional groups attached to an aromatic ring is 1. The molecule has 3 atom stereocenters. The van der Waals surface area contributed by atoms with Crippen LogP contribution in [0.5, 0.6) is 5.75 Å². The Bertz CT molecular complexity index is 2000. The first-order chi connectivity index (χ1) is 22.4.